The Hall–Kier alpha value is -1.22. The van der Waals surface area contributed by atoms with Gasteiger partial charge in [0.1, 0.15) is 6.23 Å². The highest BCUT2D eigenvalue weighted by atomic mass is 16.5. The molecule has 2 rings (SSSR count). The molecule has 0 aromatic carbocycles. The highest BCUT2D eigenvalue weighted by molar-refractivity contribution is 5.97. The number of aliphatic imine (C=N–C) groups is 1. The van der Waals surface area contributed by atoms with Crippen LogP contribution in [0.15, 0.2) is 4.99 Å². The molecular formula is C13H23N3O5. The van der Waals surface area contributed by atoms with Crippen molar-refractivity contribution in [2.24, 2.45) is 22.6 Å². The van der Waals surface area contributed by atoms with Gasteiger partial charge in [-0.3, -0.25) is 10.1 Å². The maximum atomic E-state index is 12.1. The summed E-state index contributed by atoms with van der Waals surface area (Å²) in [5.74, 6) is -1.02. The van der Waals surface area contributed by atoms with E-state index in [0.29, 0.717) is 19.3 Å². The first-order chi connectivity index (χ1) is 9.92. The maximum Gasteiger partial charge on any atom is 0.229 e. The highest BCUT2D eigenvalue weighted by Gasteiger charge is 2.42. The number of hydrogen-bond acceptors (Lipinski definition) is 7. The normalized spacial score (nSPS) is 41.1. The second-order valence-corrected chi connectivity index (χ2v) is 5.74. The average Bonchev–Trinajstić information content (AvgIpc) is 2.69. The minimum atomic E-state index is -0.938. The lowest BCUT2D eigenvalue weighted by atomic mass is 9.90. The van der Waals surface area contributed by atoms with E-state index in [-0.39, 0.29) is 24.4 Å². The van der Waals surface area contributed by atoms with Crippen LogP contribution in [-0.4, -0.2) is 58.3 Å². The molecule has 1 amide bonds. The van der Waals surface area contributed by atoms with Crippen LogP contribution in [0.2, 0.25) is 0 Å². The molecule has 0 radical (unpaired) electrons. The number of aliphatic hydroxyl groups excluding tert-OH is 3. The van der Waals surface area contributed by atoms with Gasteiger partial charge in [0.2, 0.25) is 5.91 Å². The summed E-state index contributed by atoms with van der Waals surface area (Å²) in [5.41, 5.74) is 5.49. The number of hydrogen-bond donors (Lipinski definition) is 5. The molecule has 0 aliphatic carbocycles. The Kier molecular flexibility index (Phi) is 5.15. The molecule has 21 heavy (non-hydrogen) atoms. The first kappa shape index (κ1) is 16.2. The molecule has 2 heterocycles. The fraction of sp³-hybridized carbons (Fsp3) is 0.846. The summed E-state index contributed by atoms with van der Waals surface area (Å²) in [7, 11) is 0. The van der Waals surface area contributed by atoms with E-state index < -0.39 is 30.5 Å². The summed E-state index contributed by atoms with van der Waals surface area (Å²) in [6.45, 7) is 1.64. The van der Waals surface area contributed by atoms with E-state index in [9.17, 15) is 20.1 Å². The summed E-state index contributed by atoms with van der Waals surface area (Å²) in [6, 6.07) is 0. The first-order valence-electron chi connectivity index (χ1n) is 7.19. The zero-order valence-corrected chi connectivity index (χ0v) is 12.0. The zero-order chi connectivity index (χ0) is 15.6. The number of nitrogens with one attached hydrogen (secondary N) is 1. The largest absolute Gasteiger partial charge is 0.394 e. The lowest BCUT2D eigenvalue weighted by Crippen LogP contribution is -2.44. The van der Waals surface area contributed by atoms with E-state index >= 15 is 0 Å². The Morgan fingerprint density at radius 1 is 1.38 bits per heavy atom. The van der Waals surface area contributed by atoms with Crippen molar-refractivity contribution in [2.45, 2.75) is 50.7 Å². The smallest absolute Gasteiger partial charge is 0.229 e. The molecule has 0 aromatic heterocycles. The van der Waals surface area contributed by atoms with Crippen molar-refractivity contribution in [2.75, 3.05) is 6.61 Å². The quantitative estimate of drug-likeness (QED) is 0.421. The molecule has 2 aliphatic rings. The number of rotatable bonds is 3. The van der Waals surface area contributed by atoms with Crippen molar-refractivity contribution >= 4 is 11.9 Å². The number of amides is 1. The molecule has 120 valence electrons. The third kappa shape index (κ3) is 3.70. The number of nitrogens with two attached hydrogens (primary N) is 1. The fourth-order valence-electron chi connectivity index (χ4n) is 2.86. The molecule has 0 bridgehead atoms. The van der Waals surface area contributed by atoms with Crippen LogP contribution in [0.1, 0.15) is 26.2 Å². The van der Waals surface area contributed by atoms with E-state index in [2.05, 4.69) is 10.3 Å². The van der Waals surface area contributed by atoms with Crippen LogP contribution in [0, 0.1) is 11.8 Å². The predicted molar refractivity (Wildman–Crippen MR) is 74.0 cm³/mol. The van der Waals surface area contributed by atoms with Crippen molar-refractivity contribution in [3.8, 4) is 0 Å². The molecule has 8 nitrogen and oxygen atoms in total. The average molecular weight is 301 g/mol. The summed E-state index contributed by atoms with van der Waals surface area (Å²) in [6.07, 6.45) is -1.53. The third-order valence-electron chi connectivity index (χ3n) is 4.24. The van der Waals surface area contributed by atoms with Crippen LogP contribution in [0.4, 0.5) is 0 Å². The molecule has 0 saturated carbocycles. The number of guanidine groups is 1. The minimum absolute atomic E-state index is 0.105. The molecule has 1 fully saturated rings. The van der Waals surface area contributed by atoms with Crippen molar-refractivity contribution in [1.82, 2.24) is 5.32 Å². The summed E-state index contributed by atoms with van der Waals surface area (Å²) >= 11 is 0. The van der Waals surface area contributed by atoms with Gasteiger partial charge in [0.15, 0.2) is 5.96 Å². The lowest BCUT2D eigenvalue weighted by Gasteiger charge is -2.24. The molecule has 0 spiro atoms. The SMILES string of the molecule is CC1C(CO)OC(CC2CCC(O)N=C(N)NC2=O)C1O. The van der Waals surface area contributed by atoms with Crippen molar-refractivity contribution in [3.63, 3.8) is 0 Å². The summed E-state index contributed by atoms with van der Waals surface area (Å²) in [4.78, 5) is 15.8. The summed E-state index contributed by atoms with van der Waals surface area (Å²) in [5, 5.41) is 31.4. The zero-order valence-electron chi connectivity index (χ0n) is 12.0. The Morgan fingerprint density at radius 2 is 2.10 bits per heavy atom. The van der Waals surface area contributed by atoms with E-state index in [4.69, 9.17) is 10.5 Å². The predicted octanol–water partition coefficient (Wildman–Crippen LogP) is -1.71. The van der Waals surface area contributed by atoms with Crippen LogP contribution in [0.25, 0.3) is 0 Å². The number of carbonyl (C=O) groups excluding carboxylic acids is 1. The van der Waals surface area contributed by atoms with E-state index in [0.717, 1.165) is 0 Å². The standard InChI is InChI=1S/C13H23N3O5/c1-6-9(5-17)21-8(11(6)19)4-7-2-3-10(18)15-13(14)16-12(7)20/h6-11,17-19H,2-5H2,1H3,(H3,14,15,16,20). The third-order valence-corrected chi connectivity index (χ3v) is 4.24. The fourth-order valence-corrected chi connectivity index (χ4v) is 2.86. The van der Waals surface area contributed by atoms with Gasteiger partial charge in [-0.15, -0.1) is 0 Å². The maximum absolute atomic E-state index is 12.1. The Balaban J connectivity index is 2.01. The van der Waals surface area contributed by atoms with E-state index in [1.165, 1.54) is 0 Å². The molecule has 6 atom stereocenters. The molecule has 0 aromatic rings. The van der Waals surface area contributed by atoms with Gasteiger partial charge in [-0.25, -0.2) is 4.99 Å². The van der Waals surface area contributed by atoms with Gasteiger partial charge in [-0.05, 0) is 19.3 Å². The van der Waals surface area contributed by atoms with Crippen LogP contribution < -0.4 is 11.1 Å². The van der Waals surface area contributed by atoms with Gasteiger partial charge in [-0.2, -0.15) is 0 Å². The Labute approximate surface area is 123 Å². The number of nitrogens with zero attached hydrogens (tertiary/aromatic N) is 1. The number of ether oxygens (including phenoxy) is 1. The first-order valence-corrected chi connectivity index (χ1v) is 7.19. The molecule has 1 saturated heterocycles. The summed E-state index contributed by atoms with van der Waals surface area (Å²) < 4.78 is 5.61. The molecule has 2 aliphatic heterocycles. The van der Waals surface area contributed by atoms with Gasteiger partial charge in [-0.1, -0.05) is 6.92 Å². The van der Waals surface area contributed by atoms with Gasteiger partial charge >= 0.3 is 0 Å². The topological polar surface area (TPSA) is 137 Å². The second kappa shape index (κ2) is 6.69. The van der Waals surface area contributed by atoms with E-state index in [1.807, 2.05) is 0 Å². The lowest BCUT2D eigenvalue weighted by molar-refractivity contribution is -0.126. The van der Waals surface area contributed by atoms with Gasteiger partial charge in [0.05, 0.1) is 24.9 Å². The van der Waals surface area contributed by atoms with Crippen molar-refractivity contribution in [3.05, 3.63) is 0 Å². The Bertz CT molecular complexity index is 417. The van der Waals surface area contributed by atoms with Crippen LogP contribution in [0.3, 0.4) is 0 Å². The van der Waals surface area contributed by atoms with Crippen LogP contribution in [0.5, 0.6) is 0 Å². The molecular weight excluding hydrogens is 278 g/mol. The molecule has 6 N–H and O–H groups in total. The van der Waals surface area contributed by atoms with Crippen molar-refractivity contribution in [1.29, 1.82) is 0 Å². The molecule has 6 unspecified atom stereocenters. The monoisotopic (exact) mass is 301 g/mol. The van der Waals surface area contributed by atoms with Crippen LogP contribution >= 0.6 is 0 Å². The Morgan fingerprint density at radius 3 is 2.71 bits per heavy atom. The van der Waals surface area contributed by atoms with Crippen LogP contribution in [-0.2, 0) is 9.53 Å². The number of carbonyl (C=O) groups is 1. The minimum Gasteiger partial charge on any atom is -0.394 e. The van der Waals surface area contributed by atoms with Gasteiger partial charge < -0.3 is 25.8 Å². The van der Waals surface area contributed by atoms with E-state index in [1.54, 1.807) is 6.92 Å². The second-order valence-electron chi connectivity index (χ2n) is 5.74. The van der Waals surface area contributed by atoms with Crippen molar-refractivity contribution < 1.29 is 24.9 Å². The highest BCUT2D eigenvalue weighted by Crippen LogP contribution is 2.31. The number of aliphatic hydroxyl groups is 3. The van der Waals surface area contributed by atoms with Gasteiger partial charge in [0.25, 0.3) is 0 Å². The molecule has 8 heteroatoms. The van der Waals surface area contributed by atoms with Gasteiger partial charge in [0, 0.05) is 11.8 Å².